The number of sulfonamides is 1. The van der Waals surface area contributed by atoms with Gasteiger partial charge < -0.3 is 9.15 Å². The van der Waals surface area contributed by atoms with Crippen molar-refractivity contribution in [3.63, 3.8) is 0 Å². The summed E-state index contributed by atoms with van der Waals surface area (Å²) in [5, 5.41) is 0. The molecule has 5 nitrogen and oxygen atoms in total. The Hall–Kier alpha value is -1.63. The lowest BCUT2D eigenvalue weighted by Crippen LogP contribution is -2.37. The zero-order valence-corrected chi connectivity index (χ0v) is 15.8. The predicted molar refractivity (Wildman–Crippen MR) is 95.9 cm³/mol. The van der Waals surface area contributed by atoms with Crippen LogP contribution in [0, 0.1) is 20.8 Å². The van der Waals surface area contributed by atoms with E-state index in [-0.39, 0.29) is 12.6 Å². The monoisotopic (exact) mass is 363 g/mol. The van der Waals surface area contributed by atoms with E-state index in [9.17, 15) is 8.42 Å². The summed E-state index contributed by atoms with van der Waals surface area (Å²) in [6.07, 6.45) is 3.36. The molecule has 1 saturated heterocycles. The average Bonchev–Trinajstić information content (AvgIpc) is 3.18. The number of nitrogens with zero attached hydrogens (tertiary/aromatic N) is 1. The number of hydrogen-bond acceptors (Lipinski definition) is 4. The van der Waals surface area contributed by atoms with E-state index < -0.39 is 10.0 Å². The Balaban J connectivity index is 1.98. The highest BCUT2D eigenvalue weighted by Gasteiger charge is 2.32. The van der Waals surface area contributed by atoms with E-state index >= 15 is 0 Å². The molecule has 1 aliphatic heterocycles. The van der Waals surface area contributed by atoms with Crippen molar-refractivity contribution in [3.8, 4) is 0 Å². The van der Waals surface area contributed by atoms with Gasteiger partial charge in [-0.15, -0.1) is 0 Å². The Morgan fingerprint density at radius 1 is 1.20 bits per heavy atom. The van der Waals surface area contributed by atoms with Crippen molar-refractivity contribution >= 4 is 10.0 Å². The summed E-state index contributed by atoms with van der Waals surface area (Å²) in [5.74, 6) is 0.629. The molecule has 3 rings (SSSR count). The summed E-state index contributed by atoms with van der Waals surface area (Å²) in [5.41, 5.74) is 2.61. The number of ether oxygens (including phenoxy) is 1. The summed E-state index contributed by atoms with van der Waals surface area (Å²) in [6, 6.07) is 7.40. The first-order valence-corrected chi connectivity index (χ1v) is 10.0. The highest BCUT2D eigenvalue weighted by Crippen LogP contribution is 2.28. The van der Waals surface area contributed by atoms with Gasteiger partial charge in [0.1, 0.15) is 5.76 Å². The van der Waals surface area contributed by atoms with E-state index in [1.54, 1.807) is 18.4 Å². The molecule has 1 atom stereocenters. The van der Waals surface area contributed by atoms with Gasteiger partial charge in [-0.05, 0) is 56.9 Å². The molecule has 6 heteroatoms. The average molecular weight is 363 g/mol. The van der Waals surface area contributed by atoms with Gasteiger partial charge in [0, 0.05) is 13.2 Å². The quantitative estimate of drug-likeness (QED) is 0.787. The van der Waals surface area contributed by atoms with Crippen LogP contribution in [-0.4, -0.2) is 32.0 Å². The lowest BCUT2D eigenvalue weighted by Gasteiger charge is -2.26. The number of benzene rings is 1. The third-order valence-electron chi connectivity index (χ3n) is 4.55. The van der Waals surface area contributed by atoms with Crippen LogP contribution in [0.25, 0.3) is 0 Å². The maximum Gasteiger partial charge on any atom is 0.244 e. The van der Waals surface area contributed by atoms with Crippen molar-refractivity contribution in [3.05, 3.63) is 53.0 Å². The van der Waals surface area contributed by atoms with Gasteiger partial charge in [0.2, 0.25) is 10.0 Å². The van der Waals surface area contributed by atoms with E-state index in [2.05, 4.69) is 0 Å². The zero-order chi connectivity index (χ0) is 18.0. The molecule has 0 amide bonds. The minimum Gasteiger partial charge on any atom is -0.468 e. The molecular weight excluding hydrogens is 338 g/mol. The third-order valence-corrected chi connectivity index (χ3v) is 6.66. The van der Waals surface area contributed by atoms with Crippen LogP contribution in [0.15, 0.2) is 39.8 Å². The topological polar surface area (TPSA) is 59.8 Å². The molecule has 0 aliphatic carbocycles. The Morgan fingerprint density at radius 2 is 1.92 bits per heavy atom. The molecule has 25 heavy (non-hydrogen) atoms. The Kier molecular flexibility index (Phi) is 5.32. The standard InChI is InChI=1S/C19H25NO4S/c1-14-10-15(2)19(16(3)11-14)25(21,22)20(12-17-6-4-8-23-17)13-18-7-5-9-24-18/h4,6,8,10-11,18H,5,7,9,12-13H2,1-3H3. The maximum absolute atomic E-state index is 13.4. The van der Waals surface area contributed by atoms with Gasteiger partial charge >= 0.3 is 0 Å². The molecule has 0 bridgehead atoms. The molecule has 1 aliphatic rings. The third kappa shape index (κ3) is 3.97. The second-order valence-electron chi connectivity index (χ2n) is 6.74. The van der Waals surface area contributed by atoms with Crippen LogP contribution >= 0.6 is 0 Å². The minimum absolute atomic E-state index is 0.0594. The Morgan fingerprint density at radius 3 is 2.48 bits per heavy atom. The first-order valence-electron chi connectivity index (χ1n) is 8.60. The molecule has 1 aromatic heterocycles. The summed E-state index contributed by atoms with van der Waals surface area (Å²) >= 11 is 0. The van der Waals surface area contributed by atoms with E-state index in [1.165, 1.54) is 4.31 Å². The SMILES string of the molecule is Cc1cc(C)c(S(=O)(=O)N(Cc2ccco2)CC2CCCO2)c(C)c1. The highest BCUT2D eigenvalue weighted by atomic mass is 32.2. The van der Waals surface area contributed by atoms with Gasteiger partial charge in [-0.3, -0.25) is 0 Å². The Labute approximate surface area is 149 Å². The van der Waals surface area contributed by atoms with E-state index in [1.807, 2.05) is 32.9 Å². The van der Waals surface area contributed by atoms with Crippen molar-refractivity contribution in [1.29, 1.82) is 0 Å². The Bertz CT molecular complexity index is 798. The van der Waals surface area contributed by atoms with Gasteiger partial charge in [0.25, 0.3) is 0 Å². The minimum atomic E-state index is -3.65. The largest absolute Gasteiger partial charge is 0.468 e. The number of hydrogen-bond donors (Lipinski definition) is 0. The van der Waals surface area contributed by atoms with Gasteiger partial charge in [0.15, 0.2) is 0 Å². The van der Waals surface area contributed by atoms with E-state index in [0.717, 1.165) is 29.5 Å². The molecule has 0 N–H and O–H groups in total. The fourth-order valence-electron chi connectivity index (χ4n) is 3.54. The second-order valence-corrected chi connectivity index (χ2v) is 8.61. The summed E-state index contributed by atoms with van der Waals surface area (Å²) in [7, 11) is -3.65. The summed E-state index contributed by atoms with van der Waals surface area (Å²) < 4.78 is 39.4. The smallest absolute Gasteiger partial charge is 0.244 e. The maximum atomic E-state index is 13.4. The lowest BCUT2D eigenvalue weighted by molar-refractivity contribution is 0.0914. The fourth-order valence-corrected chi connectivity index (χ4v) is 5.39. The number of furan rings is 1. The predicted octanol–water partition coefficient (Wildman–Crippen LogP) is 3.57. The second kappa shape index (κ2) is 7.32. The first-order chi connectivity index (χ1) is 11.9. The van der Waals surface area contributed by atoms with Crippen LogP contribution in [0.1, 0.15) is 35.3 Å². The van der Waals surface area contributed by atoms with Crippen LogP contribution in [0.5, 0.6) is 0 Å². The van der Waals surface area contributed by atoms with Crippen molar-refractivity contribution in [2.45, 2.75) is 51.2 Å². The summed E-state index contributed by atoms with van der Waals surface area (Å²) in [4.78, 5) is 0.391. The molecule has 0 radical (unpaired) electrons. The molecular formula is C19H25NO4S. The molecule has 2 aromatic rings. The highest BCUT2D eigenvalue weighted by molar-refractivity contribution is 7.89. The first kappa shape index (κ1) is 18.2. The van der Waals surface area contributed by atoms with E-state index in [4.69, 9.17) is 9.15 Å². The van der Waals surface area contributed by atoms with Crippen LogP contribution in [0.3, 0.4) is 0 Å². The lowest BCUT2D eigenvalue weighted by atomic mass is 10.1. The normalized spacial score (nSPS) is 18.2. The molecule has 2 heterocycles. The van der Waals surface area contributed by atoms with Crippen LogP contribution < -0.4 is 0 Å². The van der Waals surface area contributed by atoms with Crippen LogP contribution in [-0.2, 0) is 21.3 Å². The molecule has 1 aromatic carbocycles. The van der Waals surface area contributed by atoms with Gasteiger partial charge in [0.05, 0.1) is 23.8 Å². The number of aryl methyl sites for hydroxylation is 3. The van der Waals surface area contributed by atoms with Gasteiger partial charge in [-0.25, -0.2) is 8.42 Å². The van der Waals surface area contributed by atoms with Crippen molar-refractivity contribution in [2.75, 3.05) is 13.2 Å². The summed E-state index contributed by atoms with van der Waals surface area (Å²) in [6.45, 7) is 6.93. The van der Waals surface area contributed by atoms with E-state index in [0.29, 0.717) is 23.8 Å². The molecule has 0 spiro atoms. The molecule has 136 valence electrons. The van der Waals surface area contributed by atoms with Crippen molar-refractivity contribution in [1.82, 2.24) is 4.31 Å². The van der Waals surface area contributed by atoms with Crippen molar-refractivity contribution in [2.24, 2.45) is 0 Å². The number of rotatable bonds is 6. The zero-order valence-electron chi connectivity index (χ0n) is 15.0. The van der Waals surface area contributed by atoms with Gasteiger partial charge in [-0.1, -0.05) is 17.7 Å². The van der Waals surface area contributed by atoms with Crippen LogP contribution in [0.2, 0.25) is 0 Å². The fraction of sp³-hybridized carbons (Fsp3) is 0.474. The molecule has 0 saturated carbocycles. The van der Waals surface area contributed by atoms with Crippen LogP contribution in [0.4, 0.5) is 0 Å². The van der Waals surface area contributed by atoms with Crippen molar-refractivity contribution < 1.29 is 17.6 Å². The molecule has 1 fully saturated rings. The molecule has 1 unspecified atom stereocenters. The van der Waals surface area contributed by atoms with Gasteiger partial charge in [-0.2, -0.15) is 4.31 Å².